The zero-order chi connectivity index (χ0) is 14.5. The zero-order valence-corrected chi connectivity index (χ0v) is 12.6. The second-order valence-corrected chi connectivity index (χ2v) is 5.53. The predicted octanol–water partition coefficient (Wildman–Crippen LogP) is 1.04. The lowest BCUT2D eigenvalue weighted by molar-refractivity contribution is -0.118. The van der Waals surface area contributed by atoms with Gasteiger partial charge in [-0.1, -0.05) is 6.42 Å². The van der Waals surface area contributed by atoms with Crippen LogP contribution in [-0.2, 0) is 4.79 Å². The molecule has 1 unspecified atom stereocenters. The van der Waals surface area contributed by atoms with E-state index in [2.05, 4.69) is 25.7 Å². The molecular weight excluding hydrogens is 254 g/mol. The molecule has 0 saturated carbocycles. The Morgan fingerprint density at radius 2 is 2.25 bits per heavy atom. The highest BCUT2D eigenvalue weighted by Gasteiger charge is 2.24. The highest BCUT2D eigenvalue weighted by molar-refractivity contribution is 5.93. The number of piperidine rings is 1. The quantitative estimate of drug-likeness (QED) is 0.753. The summed E-state index contributed by atoms with van der Waals surface area (Å²) in [6, 6.07) is 0.464. The summed E-state index contributed by atoms with van der Waals surface area (Å²) in [7, 11) is 1.96. The maximum Gasteiger partial charge on any atom is 0.238 e. The average Bonchev–Trinajstić information content (AvgIpc) is 2.73. The molecule has 1 fully saturated rings. The molecule has 6 nitrogen and oxygen atoms in total. The van der Waals surface area contributed by atoms with E-state index in [0.717, 1.165) is 36.6 Å². The maximum atomic E-state index is 12.2. The molecule has 1 aromatic heterocycles. The second-order valence-electron chi connectivity index (χ2n) is 5.53. The molecule has 1 amide bonds. The Morgan fingerprint density at radius 3 is 2.90 bits per heavy atom. The molecule has 1 atom stereocenters. The Bertz CT molecular complexity index is 435. The van der Waals surface area contributed by atoms with Crippen LogP contribution in [0.3, 0.4) is 0 Å². The smallest absolute Gasteiger partial charge is 0.238 e. The van der Waals surface area contributed by atoms with Gasteiger partial charge in [0.2, 0.25) is 5.91 Å². The van der Waals surface area contributed by atoms with Gasteiger partial charge >= 0.3 is 0 Å². The Morgan fingerprint density at radius 1 is 1.45 bits per heavy atom. The number of aromatic amines is 1. The molecule has 112 valence electrons. The van der Waals surface area contributed by atoms with E-state index >= 15 is 0 Å². The molecule has 0 spiro atoms. The fourth-order valence-corrected chi connectivity index (χ4v) is 2.83. The van der Waals surface area contributed by atoms with Gasteiger partial charge in [-0.05, 0) is 40.3 Å². The number of amides is 1. The van der Waals surface area contributed by atoms with Gasteiger partial charge in [-0.15, -0.1) is 0 Å². The number of likely N-dealkylation sites (N-methyl/N-ethyl adjacent to an activating group) is 1. The van der Waals surface area contributed by atoms with Crippen molar-refractivity contribution in [3.63, 3.8) is 0 Å². The minimum absolute atomic E-state index is 0.0422. The lowest BCUT2D eigenvalue weighted by atomic mass is 10.0. The first-order valence-electron chi connectivity index (χ1n) is 7.32. The number of hydrogen-bond donors (Lipinski definition) is 3. The first kappa shape index (κ1) is 15.0. The molecule has 2 heterocycles. The molecule has 0 aromatic carbocycles. The van der Waals surface area contributed by atoms with Crippen LogP contribution in [0.1, 0.15) is 30.7 Å². The van der Waals surface area contributed by atoms with Crippen molar-refractivity contribution in [2.45, 2.75) is 39.2 Å². The van der Waals surface area contributed by atoms with Gasteiger partial charge in [0.05, 0.1) is 23.6 Å². The van der Waals surface area contributed by atoms with Crippen LogP contribution >= 0.6 is 0 Å². The fourth-order valence-electron chi connectivity index (χ4n) is 2.83. The molecule has 6 heteroatoms. The molecule has 0 bridgehead atoms. The SMILES string of the molecule is CNCC1CCCCN1CC(=O)Nc1c(C)n[nH]c1C. The summed E-state index contributed by atoms with van der Waals surface area (Å²) in [6.07, 6.45) is 3.60. The lowest BCUT2D eigenvalue weighted by Gasteiger charge is -2.35. The standard InChI is InChI=1S/C14H25N5O/c1-10-14(11(2)18-17-10)16-13(20)9-19-7-5-4-6-12(19)8-15-3/h12,15H,4-9H2,1-3H3,(H,16,20)(H,17,18). The van der Waals surface area contributed by atoms with Crippen molar-refractivity contribution in [2.75, 3.05) is 32.0 Å². The third kappa shape index (κ3) is 3.58. The first-order chi connectivity index (χ1) is 9.61. The minimum atomic E-state index is 0.0422. The van der Waals surface area contributed by atoms with E-state index in [1.165, 1.54) is 12.8 Å². The van der Waals surface area contributed by atoms with Gasteiger partial charge in [0.25, 0.3) is 0 Å². The largest absolute Gasteiger partial charge is 0.322 e. The topological polar surface area (TPSA) is 73.1 Å². The second kappa shape index (κ2) is 6.85. The van der Waals surface area contributed by atoms with E-state index < -0.39 is 0 Å². The summed E-state index contributed by atoms with van der Waals surface area (Å²) < 4.78 is 0. The summed E-state index contributed by atoms with van der Waals surface area (Å²) in [5.41, 5.74) is 2.56. The average molecular weight is 279 g/mol. The Kier molecular flexibility index (Phi) is 5.14. The molecule has 1 saturated heterocycles. The molecule has 1 aliphatic rings. The van der Waals surface area contributed by atoms with Gasteiger partial charge in [-0.3, -0.25) is 14.8 Å². The fraction of sp³-hybridized carbons (Fsp3) is 0.714. The Hall–Kier alpha value is -1.40. The van der Waals surface area contributed by atoms with Crippen molar-refractivity contribution in [3.05, 3.63) is 11.4 Å². The van der Waals surface area contributed by atoms with E-state index in [0.29, 0.717) is 12.6 Å². The molecule has 20 heavy (non-hydrogen) atoms. The van der Waals surface area contributed by atoms with E-state index in [4.69, 9.17) is 0 Å². The van der Waals surface area contributed by atoms with Crippen molar-refractivity contribution >= 4 is 11.6 Å². The van der Waals surface area contributed by atoms with E-state index in [1.807, 2.05) is 20.9 Å². The molecule has 1 aromatic rings. The summed E-state index contributed by atoms with van der Waals surface area (Å²) in [4.78, 5) is 14.5. The number of nitrogens with zero attached hydrogens (tertiary/aromatic N) is 2. The maximum absolute atomic E-state index is 12.2. The van der Waals surface area contributed by atoms with E-state index in [-0.39, 0.29) is 5.91 Å². The minimum Gasteiger partial charge on any atom is -0.322 e. The number of carbonyl (C=O) groups excluding carboxylic acids is 1. The summed E-state index contributed by atoms with van der Waals surface area (Å²) in [5, 5.41) is 13.2. The molecule has 2 rings (SSSR count). The van der Waals surface area contributed by atoms with Crippen molar-refractivity contribution in [1.82, 2.24) is 20.4 Å². The van der Waals surface area contributed by atoms with Crippen molar-refractivity contribution in [3.8, 4) is 0 Å². The highest BCUT2D eigenvalue weighted by atomic mass is 16.2. The summed E-state index contributed by atoms with van der Waals surface area (Å²) >= 11 is 0. The summed E-state index contributed by atoms with van der Waals surface area (Å²) in [5.74, 6) is 0.0422. The molecular formula is C14H25N5O. The highest BCUT2D eigenvalue weighted by Crippen LogP contribution is 2.18. The number of aryl methyl sites for hydroxylation is 2. The van der Waals surface area contributed by atoms with Crippen molar-refractivity contribution < 1.29 is 4.79 Å². The monoisotopic (exact) mass is 279 g/mol. The van der Waals surface area contributed by atoms with Crippen LogP contribution in [0.2, 0.25) is 0 Å². The van der Waals surface area contributed by atoms with Gasteiger partial charge in [0, 0.05) is 12.6 Å². The van der Waals surface area contributed by atoms with Crippen LogP contribution in [0.5, 0.6) is 0 Å². The predicted molar refractivity (Wildman–Crippen MR) is 79.8 cm³/mol. The molecule has 1 aliphatic heterocycles. The van der Waals surface area contributed by atoms with Crippen LogP contribution in [0.15, 0.2) is 0 Å². The van der Waals surface area contributed by atoms with Gasteiger partial charge in [0.15, 0.2) is 0 Å². The van der Waals surface area contributed by atoms with E-state index in [9.17, 15) is 4.79 Å². The van der Waals surface area contributed by atoms with Crippen LogP contribution in [0.25, 0.3) is 0 Å². The number of aromatic nitrogens is 2. The van der Waals surface area contributed by atoms with Gasteiger partial charge in [0.1, 0.15) is 0 Å². The Balaban J connectivity index is 1.93. The van der Waals surface area contributed by atoms with Crippen LogP contribution < -0.4 is 10.6 Å². The van der Waals surface area contributed by atoms with Crippen molar-refractivity contribution in [2.24, 2.45) is 0 Å². The van der Waals surface area contributed by atoms with Crippen molar-refractivity contribution in [1.29, 1.82) is 0 Å². The number of nitrogens with one attached hydrogen (secondary N) is 3. The number of H-pyrrole nitrogens is 1. The van der Waals surface area contributed by atoms with E-state index in [1.54, 1.807) is 0 Å². The number of carbonyl (C=O) groups is 1. The van der Waals surface area contributed by atoms with Crippen LogP contribution in [0.4, 0.5) is 5.69 Å². The third-order valence-electron chi connectivity index (χ3n) is 3.93. The molecule has 3 N–H and O–H groups in total. The lowest BCUT2D eigenvalue weighted by Crippen LogP contribution is -2.48. The molecule has 0 aliphatic carbocycles. The number of rotatable bonds is 5. The number of hydrogen-bond acceptors (Lipinski definition) is 4. The number of anilines is 1. The number of likely N-dealkylation sites (tertiary alicyclic amines) is 1. The van der Waals surface area contributed by atoms with Gasteiger partial charge in [-0.25, -0.2) is 0 Å². The molecule has 0 radical (unpaired) electrons. The normalized spacial score (nSPS) is 20.1. The zero-order valence-electron chi connectivity index (χ0n) is 12.6. The third-order valence-corrected chi connectivity index (χ3v) is 3.93. The van der Waals surface area contributed by atoms with Crippen LogP contribution in [-0.4, -0.2) is 53.7 Å². The van der Waals surface area contributed by atoms with Gasteiger partial charge in [-0.2, -0.15) is 5.10 Å². The summed E-state index contributed by atoms with van der Waals surface area (Å²) in [6.45, 7) is 6.21. The first-order valence-corrected chi connectivity index (χ1v) is 7.32. The Labute approximate surface area is 120 Å². The van der Waals surface area contributed by atoms with Crippen LogP contribution in [0, 0.1) is 13.8 Å². The van der Waals surface area contributed by atoms with Gasteiger partial charge < -0.3 is 10.6 Å².